The normalized spacial score (nSPS) is 12.5. The lowest BCUT2D eigenvalue weighted by atomic mass is 9.78. The molecule has 3 nitrogen and oxygen atoms in total. The molecule has 0 aromatic heterocycles. The van der Waals surface area contributed by atoms with E-state index in [1.165, 1.54) is 33.4 Å². The Kier molecular flexibility index (Phi) is 9.48. The van der Waals surface area contributed by atoms with E-state index in [4.69, 9.17) is 11.5 Å². The van der Waals surface area contributed by atoms with Gasteiger partial charge in [0, 0.05) is 11.4 Å². The van der Waals surface area contributed by atoms with Gasteiger partial charge in [-0.3, -0.25) is 0 Å². The average Bonchev–Trinajstić information content (AvgIpc) is 2.55. The highest BCUT2D eigenvalue weighted by Gasteiger charge is 2.25. The standard InChI is InChI=1S/2C15H25N.H2O/c2*1-10-8-11(14(2,3)4)13(16)12(9-10)15(5,6)7;/h2*8-9H,16H2,1-7H3;1H2. The molecule has 33 heavy (non-hydrogen) atoms. The van der Waals surface area contributed by atoms with Gasteiger partial charge in [0.15, 0.2) is 0 Å². The molecule has 0 saturated heterocycles. The first-order valence-corrected chi connectivity index (χ1v) is 11.9. The van der Waals surface area contributed by atoms with Gasteiger partial charge in [-0.2, -0.15) is 0 Å². The fourth-order valence-electron chi connectivity index (χ4n) is 4.08. The zero-order chi connectivity index (χ0) is 25.4. The summed E-state index contributed by atoms with van der Waals surface area (Å²) in [5, 5.41) is 0. The van der Waals surface area contributed by atoms with Crippen LogP contribution in [-0.4, -0.2) is 5.48 Å². The third-order valence-corrected chi connectivity index (χ3v) is 5.88. The van der Waals surface area contributed by atoms with Crippen LogP contribution in [0.1, 0.15) is 116 Å². The van der Waals surface area contributed by atoms with E-state index in [0.717, 1.165) is 11.4 Å². The molecule has 3 heteroatoms. The number of hydrogen-bond acceptors (Lipinski definition) is 2. The highest BCUT2D eigenvalue weighted by Crippen LogP contribution is 2.38. The minimum Gasteiger partial charge on any atom is -0.412 e. The second kappa shape index (κ2) is 10.1. The zero-order valence-corrected chi connectivity index (χ0v) is 24.0. The van der Waals surface area contributed by atoms with Crippen LogP contribution in [0.4, 0.5) is 11.4 Å². The minimum absolute atomic E-state index is 0. The second-order valence-corrected chi connectivity index (χ2v) is 13.5. The zero-order valence-electron chi connectivity index (χ0n) is 24.0. The first-order valence-electron chi connectivity index (χ1n) is 11.9. The molecule has 0 amide bonds. The van der Waals surface area contributed by atoms with Gasteiger partial charge in [-0.15, -0.1) is 0 Å². The Morgan fingerprint density at radius 3 is 0.697 bits per heavy atom. The van der Waals surface area contributed by atoms with E-state index < -0.39 is 0 Å². The van der Waals surface area contributed by atoms with E-state index >= 15 is 0 Å². The van der Waals surface area contributed by atoms with Crippen LogP contribution in [-0.2, 0) is 21.7 Å². The quantitative estimate of drug-likeness (QED) is 0.402. The SMILES string of the molecule is Cc1cc(C(C)(C)C)c(N)c(C(C)(C)C)c1.Cc1cc(C(C)(C)C)c(N)c(C(C)(C)C)c1.O. The first kappa shape index (κ1) is 31.0. The highest BCUT2D eigenvalue weighted by molar-refractivity contribution is 5.61. The van der Waals surface area contributed by atoms with Crippen molar-refractivity contribution in [1.82, 2.24) is 0 Å². The van der Waals surface area contributed by atoms with Crippen LogP contribution < -0.4 is 11.5 Å². The van der Waals surface area contributed by atoms with Gasteiger partial charge in [0.2, 0.25) is 0 Å². The number of hydrogen-bond donors (Lipinski definition) is 2. The van der Waals surface area contributed by atoms with Crippen molar-refractivity contribution in [3.8, 4) is 0 Å². The van der Waals surface area contributed by atoms with Crippen LogP contribution >= 0.6 is 0 Å². The fraction of sp³-hybridized carbons (Fsp3) is 0.600. The smallest absolute Gasteiger partial charge is 0.0390 e. The molecule has 0 heterocycles. The van der Waals surface area contributed by atoms with Gasteiger partial charge in [0.1, 0.15) is 0 Å². The third kappa shape index (κ3) is 8.07. The van der Waals surface area contributed by atoms with Crippen LogP contribution in [0, 0.1) is 13.8 Å². The first-order chi connectivity index (χ1) is 14.1. The molecule has 2 aromatic carbocycles. The second-order valence-electron chi connectivity index (χ2n) is 13.5. The number of rotatable bonds is 0. The van der Waals surface area contributed by atoms with Gasteiger partial charge in [-0.05, 0) is 57.8 Å². The van der Waals surface area contributed by atoms with E-state index in [9.17, 15) is 0 Å². The number of nitrogen functional groups attached to an aromatic ring is 2. The Hall–Kier alpha value is -2.00. The Balaban J connectivity index is 0.000000602. The van der Waals surface area contributed by atoms with Gasteiger partial charge in [0.25, 0.3) is 0 Å². The molecule has 188 valence electrons. The topological polar surface area (TPSA) is 83.5 Å². The van der Waals surface area contributed by atoms with Gasteiger partial charge in [-0.1, -0.05) is 118 Å². The molecule has 0 fully saturated rings. The highest BCUT2D eigenvalue weighted by atomic mass is 16.0. The van der Waals surface area contributed by atoms with E-state index in [1.54, 1.807) is 0 Å². The Morgan fingerprint density at radius 2 is 0.576 bits per heavy atom. The van der Waals surface area contributed by atoms with E-state index in [0.29, 0.717) is 0 Å². The van der Waals surface area contributed by atoms with Crippen LogP contribution in [0.2, 0.25) is 0 Å². The lowest BCUT2D eigenvalue weighted by Gasteiger charge is -2.28. The Morgan fingerprint density at radius 1 is 0.424 bits per heavy atom. The van der Waals surface area contributed by atoms with Crippen molar-refractivity contribution in [2.45, 2.75) is 119 Å². The molecular formula is C30H52N2O. The van der Waals surface area contributed by atoms with Crippen molar-refractivity contribution < 1.29 is 5.48 Å². The summed E-state index contributed by atoms with van der Waals surface area (Å²) in [7, 11) is 0. The molecule has 0 bridgehead atoms. The predicted octanol–water partition coefficient (Wildman–Crippen LogP) is 7.52. The minimum atomic E-state index is 0. The lowest BCUT2D eigenvalue weighted by molar-refractivity contribution is 0.571. The predicted molar refractivity (Wildman–Crippen MR) is 150 cm³/mol. The van der Waals surface area contributed by atoms with Crippen LogP contribution in [0.3, 0.4) is 0 Å². The molecule has 2 aromatic rings. The summed E-state index contributed by atoms with van der Waals surface area (Å²) in [5.74, 6) is 0. The van der Waals surface area contributed by atoms with Gasteiger partial charge >= 0.3 is 0 Å². The lowest BCUT2D eigenvalue weighted by Crippen LogP contribution is -2.20. The monoisotopic (exact) mass is 456 g/mol. The maximum atomic E-state index is 6.32. The summed E-state index contributed by atoms with van der Waals surface area (Å²) < 4.78 is 0. The van der Waals surface area contributed by atoms with Crippen LogP contribution in [0.25, 0.3) is 0 Å². The Bertz CT molecular complexity index is 794. The summed E-state index contributed by atoms with van der Waals surface area (Å²) in [5.41, 5.74) is 22.6. The Labute approximate surface area is 204 Å². The van der Waals surface area contributed by atoms with E-state index in [1.807, 2.05) is 0 Å². The van der Waals surface area contributed by atoms with Crippen LogP contribution in [0.5, 0.6) is 0 Å². The summed E-state index contributed by atoms with van der Waals surface area (Å²) >= 11 is 0. The average molecular weight is 457 g/mol. The van der Waals surface area contributed by atoms with Crippen molar-refractivity contribution >= 4 is 11.4 Å². The summed E-state index contributed by atoms with van der Waals surface area (Å²) in [6.07, 6.45) is 0. The number of aryl methyl sites for hydroxylation is 2. The summed E-state index contributed by atoms with van der Waals surface area (Å²) in [6, 6.07) is 8.85. The van der Waals surface area contributed by atoms with Crippen molar-refractivity contribution in [3.05, 3.63) is 57.6 Å². The summed E-state index contributed by atoms with van der Waals surface area (Å²) in [6.45, 7) is 30.8. The van der Waals surface area contributed by atoms with Gasteiger partial charge < -0.3 is 16.9 Å². The van der Waals surface area contributed by atoms with Crippen LogP contribution in [0.15, 0.2) is 24.3 Å². The molecule has 0 atom stereocenters. The molecule has 0 unspecified atom stereocenters. The molecule has 0 saturated carbocycles. The van der Waals surface area contributed by atoms with Crippen molar-refractivity contribution in [1.29, 1.82) is 0 Å². The fourth-order valence-corrected chi connectivity index (χ4v) is 4.08. The number of anilines is 2. The van der Waals surface area contributed by atoms with Gasteiger partial charge in [-0.25, -0.2) is 0 Å². The molecule has 2 rings (SSSR count). The molecule has 0 aliphatic rings. The summed E-state index contributed by atoms with van der Waals surface area (Å²) in [4.78, 5) is 0. The molecule has 0 spiro atoms. The van der Waals surface area contributed by atoms with Crippen molar-refractivity contribution in [3.63, 3.8) is 0 Å². The van der Waals surface area contributed by atoms with Gasteiger partial charge in [0.05, 0.1) is 0 Å². The molecule has 0 radical (unpaired) electrons. The number of benzene rings is 2. The largest absolute Gasteiger partial charge is 0.412 e. The third-order valence-electron chi connectivity index (χ3n) is 5.88. The molecule has 0 aliphatic carbocycles. The maximum Gasteiger partial charge on any atom is 0.0390 e. The molecular weight excluding hydrogens is 404 g/mol. The molecule has 6 N–H and O–H groups in total. The van der Waals surface area contributed by atoms with Crippen molar-refractivity contribution in [2.24, 2.45) is 0 Å². The number of nitrogens with two attached hydrogens (primary N) is 2. The van der Waals surface area contributed by atoms with E-state index in [-0.39, 0.29) is 27.1 Å². The maximum absolute atomic E-state index is 6.32. The van der Waals surface area contributed by atoms with E-state index in [2.05, 4.69) is 121 Å². The molecule has 0 aliphatic heterocycles. The van der Waals surface area contributed by atoms with Crippen molar-refractivity contribution in [2.75, 3.05) is 11.5 Å².